The van der Waals surface area contributed by atoms with Gasteiger partial charge in [0.05, 0.1) is 23.0 Å². The van der Waals surface area contributed by atoms with Crippen LogP contribution in [-0.4, -0.2) is 46.0 Å². The van der Waals surface area contributed by atoms with E-state index in [4.69, 9.17) is 0 Å². The van der Waals surface area contributed by atoms with Gasteiger partial charge in [0.25, 0.3) is 0 Å². The van der Waals surface area contributed by atoms with Crippen molar-refractivity contribution in [3.8, 4) is 11.3 Å². The average Bonchev–Trinajstić information content (AvgIpc) is 3.24. The fourth-order valence-electron chi connectivity index (χ4n) is 4.17. The molecule has 0 bridgehead atoms. The van der Waals surface area contributed by atoms with E-state index in [1.165, 1.54) is 11.8 Å². The highest BCUT2D eigenvalue weighted by molar-refractivity contribution is 7.99. The van der Waals surface area contributed by atoms with Crippen molar-refractivity contribution in [2.45, 2.75) is 38.4 Å². The Bertz CT molecular complexity index is 1230. The predicted octanol–water partition coefficient (Wildman–Crippen LogP) is 4.20. The van der Waals surface area contributed by atoms with Crippen molar-refractivity contribution >= 4 is 27.4 Å². The van der Waals surface area contributed by atoms with Gasteiger partial charge in [-0.25, -0.2) is 18.4 Å². The lowest BCUT2D eigenvalue weighted by molar-refractivity contribution is 0.102. The molecule has 0 radical (unpaired) electrons. The molecule has 2 aromatic heterocycles. The van der Waals surface area contributed by atoms with Crippen molar-refractivity contribution in [2.24, 2.45) is 0 Å². The molecule has 1 unspecified atom stereocenters. The third-order valence-electron chi connectivity index (χ3n) is 5.59. The number of hydrogen-bond donors (Lipinski definition) is 0. The second-order valence-corrected chi connectivity index (χ2v) is 11.1. The van der Waals surface area contributed by atoms with Crippen LogP contribution in [0, 0.1) is 20.8 Å². The van der Waals surface area contributed by atoms with E-state index in [9.17, 15) is 13.2 Å². The molecule has 3 aromatic rings. The van der Waals surface area contributed by atoms with Crippen LogP contribution in [0.4, 0.5) is 0 Å². The minimum absolute atomic E-state index is 0.00317. The van der Waals surface area contributed by atoms with Crippen LogP contribution < -0.4 is 0 Å². The van der Waals surface area contributed by atoms with E-state index in [1.54, 1.807) is 0 Å². The maximum absolute atomic E-state index is 13.0. The zero-order chi connectivity index (χ0) is 22.2. The highest BCUT2D eigenvalue weighted by atomic mass is 32.2. The SMILES string of the molecule is Cc1cc(-c2ccccc2)nc(SCC(=O)c2cc(C)n(C3CCS(=O)(=O)C3)c2C)n1. The molecule has 1 aliphatic heterocycles. The molecule has 1 aliphatic rings. The first-order valence-electron chi connectivity index (χ1n) is 10.2. The van der Waals surface area contributed by atoms with E-state index >= 15 is 0 Å². The molecule has 1 saturated heterocycles. The first-order valence-corrected chi connectivity index (χ1v) is 13.0. The first kappa shape index (κ1) is 21.8. The van der Waals surface area contributed by atoms with Gasteiger partial charge in [0.2, 0.25) is 0 Å². The summed E-state index contributed by atoms with van der Waals surface area (Å²) in [7, 11) is -2.99. The van der Waals surface area contributed by atoms with Gasteiger partial charge in [0.15, 0.2) is 20.8 Å². The predicted molar refractivity (Wildman–Crippen MR) is 123 cm³/mol. The number of aromatic nitrogens is 3. The second kappa shape index (κ2) is 8.59. The summed E-state index contributed by atoms with van der Waals surface area (Å²) in [4.78, 5) is 22.1. The summed E-state index contributed by atoms with van der Waals surface area (Å²) >= 11 is 1.33. The number of benzene rings is 1. The molecule has 31 heavy (non-hydrogen) atoms. The molecule has 4 rings (SSSR count). The molecular formula is C23H25N3O3S2. The summed E-state index contributed by atoms with van der Waals surface area (Å²) in [6.07, 6.45) is 0.598. The molecule has 1 fully saturated rings. The fraction of sp³-hybridized carbons (Fsp3) is 0.348. The van der Waals surface area contributed by atoms with Gasteiger partial charge in [-0.3, -0.25) is 4.79 Å². The molecule has 1 aromatic carbocycles. The van der Waals surface area contributed by atoms with E-state index in [0.29, 0.717) is 17.1 Å². The van der Waals surface area contributed by atoms with Crippen LogP contribution in [0.3, 0.4) is 0 Å². The van der Waals surface area contributed by atoms with Crippen molar-refractivity contribution in [3.63, 3.8) is 0 Å². The summed E-state index contributed by atoms with van der Waals surface area (Å²) < 4.78 is 25.8. The second-order valence-electron chi connectivity index (χ2n) is 7.97. The smallest absolute Gasteiger partial charge is 0.188 e. The number of carbonyl (C=O) groups excluding carboxylic acids is 1. The van der Waals surface area contributed by atoms with Crippen LogP contribution in [0.15, 0.2) is 47.6 Å². The van der Waals surface area contributed by atoms with Gasteiger partial charge in [-0.2, -0.15) is 0 Å². The number of thioether (sulfide) groups is 1. The molecule has 3 heterocycles. The first-order chi connectivity index (χ1) is 14.7. The topological polar surface area (TPSA) is 81.9 Å². The molecule has 8 heteroatoms. The van der Waals surface area contributed by atoms with E-state index in [0.717, 1.165) is 28.3 Å². The third-order valence-corrected chi connectivity index (χ3v) is 8.19. The Labute approximate surface area is 187 Å². The molecule has 0 N–H and O–H groups in total. The number of ketones is 1. The van der Waals surface area contributed by atoms with Crippen LogP contribution in [0.5, 0.6) is 0 Å². The number of sulfone groups is 1. The van der Waals surface area contributed by atoms with Crippen LogP contribution in [0.25, 0.3) is 11.3 Å². The standard InChI is InChI=1S/C23H25N3O3S2/c1-15-11-21(18-7-5-4-6-8-18)25-23(24-15)30-13-22(27)20-12-16(2)26(17(20)3)19-9-10-31(28,29)14-19/h4-8,11-12,19H,9-10,13-14H2,1-3H3. The summed E-state index contributed by atoms with van der Waals surface area (Å²) in [5.74, 6) is 0.579. The minimum atomic E-state index is -2.99. The maximum atomic E-state index is 13.0. The van der Waals surface area contributed by atoms with Gasteiger partial charge in [0, 0.05) is 34.3 Å². The molecule has 0 amide bonds. The molecule has 0 saturated carbocycles. The highest BCUT2D eigenvalue weighted by Crippen LogP contribution is 2.30. The number of rotatable bonds is 6. The molecule has 0 spiro atoms. The third kappa shape index (κ3) is 4.75. The maximum Gasteiger partial charge on any atom is 0.188 e. The number of Topliss-reactive ketones (excluding diaryl/α,β-unsaturated/α-hetero) is 1. The van der Waals surface area contributed by atoms with Gasteiger partial charge in [-0.15, -0.1) is 0 Å². The number of aryl methyl sites for hydroxylation is 2. The zero-order valence-electron chi connectivity index (χ0n) is 17.8. The van der Waals surface area contributed by atoms with Crippen LogP contribution >= 0.6 is 11.8 Å². The average molecular weight is 456 g/mol. The van der Waals surface area contributed by atoms with Crippen molar-refractivity contribution in [2.75, 3.05) is 17.3 Å². The Hall–Kier alpha value is -2.45. The lowest BCUT2D eigenvalue weighted by atomic mass is 10.1. The minimum Gasteiger partial charge on any atom is -0.344 e. The van der Waals surface area contributed by atoms with Crippen molar-refractivity contribution < 1.29 is 13.2 Å². The summed E-state index contributed by atoms with van der Waals surface area (Å²) in [5.41, 5.74) is 5.10. The number of carbonyl (C=O) groups is 1. The molecule has 0 aliphatic carbocycles. The summed E-state index contributed by atoms with van der Waals surface area (Å²) in [6.45, 7) is 5.74. The number of hydrogen-bond acceptors (Lipinski definition) is 6. The highest BCUT2D eigenvalue weighted by Gasteiger charge is 2.31. The van der Waals surface area contributed by atoms with E-state index < -0.39 is 9.84 Å². The van der Waals surface area contributed by atoms with Crippen molar-refractivity contribution in [1.29, 1.82) is 0 Å². The molecular weight excluding hydrogens is 430 g/mol. The van der Waals surface area contributed by atoms with Crippen molar-refractivity contribution in [1.82, 2.24) is 14.5 Å². The molecule has 162 valence electrons. The largest absolute Gasteiger partial charge is 0.344 e. The Morgan fingerprint density at radius 3 is 2.55 bits per heavy atom. The van der Waals surface area contributed by atoms with E-state index in [-0.39, 0.29) is 29.1 Å². The van der Waals surface area contributed by atoms with E-state index in [1.807, 2.05) is 67.8 Å². The number of nitrogens with zero attached hydrogens (tertiary/aromatic N) is 3. The summed E-state index contributed by atoms with van der Waals surface area (Å²) in [6, 6.07) is 13.6. The molecule has 1 atom stereocenters. The Kier molecular flexibility index (Phi) is 6.03. The van der Waals surface area contributed by atoms with Gasteiger partial charge in [-0.1, -0.05) is 42.1 Å². The van der Waals surface area contributed by atoms with Crippen LogP contribution in [0.1, 0.15) is 39.9 Å². The zero-order valence-corrected chi connectivity index (χ0v) is 19.5. The quantitative estimate of drug-likeness (QED) is 0.315. The Morgan fingerprint density at radius 2 is 1.87 bits per heavy atom. The Balaban J connectivity index is 1.51. The normalized spacial score (nSPS) is 17.7. The van der Waals surface area contributed by atoms with E-state index in [2.05, 4.69) is 9.97 Å². The van der Waals surface area contributed by atoms with Gasteiger partial charge in [0.1, 0.15) is 0 Å². The summed E-state index contributed by atoms with van der Waals surface area (Å²) in [5, 5.41) is 0.572. The van der Waals surface area contributed by atoms with Gasteiger partial charge < -0.3 is 4.57 Å². The lowest BCUT2D eigenvalue weighted by Crippen LogP contribution is -2.14. The van der Waals surface area contributed by atoms with Crippen LogP contribution in [0.2, 0.25) is 0 Å². The fourth-order valence-corrected chi connectivity index (χ4v) is 6.66. The lowest BCUT2D eigenvalue weighted by Gasteiger charge is -2.16. The monoisotopic (exact) mass is 455 g/mol. The van der Waals surface area contributed by atoms with Gasteiger partial charge >= 0.3 is 0 Å². The Morgan fingerprint density at radius 1 is 1.13 bits per heavy atom. The van der Waals surface area contributed by atoms with Gasteiger partial charge in [-0.05, 0) is 39.3 Å². The molecule has 6 nitrogen and oxygen atoms in total. The van der Waals surface area contributed by atoms with Crippen molar-refractivity contribution in [3.05, 3.63) is 65.1 Å². The van der Waals surface area contributed by atoms with Crippen LogP contribution in [-0.2, 0) is 9.84 Å².